The zero-order chi connectivity index (χ0) is 67.2. The number of hydroxylamine groups is 2. The lowest BCUT2D eigenvalue weighted by Crippen LogP contribution is -2.63. The van der Waals surface area contributed by atoms with E-state index in [2.05, 4.69) is 16.0 Å². The number of methoxy groups -OCH3 is 2. The first kappa shape index (κ1) is 71.4. The highest BCUT2D eigenvalue weighted by Gasteiger charge is 2.64. The maximum absolute atomic E-state index is 14.4. The zero-order valence-electron chi connectivity index (χ0n) is 52.8. The second-order valence-electron chi connectivity index (χ2n) is 22.8. The van der Waals surface area contributed by atoms with Gasteiger partial charge in [0.05, 0.1) is 49.9 Å². The van der Waals surface area contributed by atoms with Gasteiger partial charge in [-0.2, -0.15) is 0 Å². The SMILES string of the molecule is COc1cc2cc(c1Cl)N(C)C(=O)C[C@H](OC(=O)[C@H](C)N(C)C(=O)CCSC(=O)N(C)CCN(C)C(=O)OCc1ccc(NC(=O)OC3/C=C/COCOC3)c(NCC(=O)ON3C(=O)CCC3=O)c1)[C@]1(C)OC1[C@H](C)[C@@H]1C[C@@](O)(NC(=O)O1)[C@H](OC)/C=C/C=C(\C)C2. The van der Waals surface area contributed by atoms with Gasteiger partial charge < -0.3 is 77.5 Å². The predicted molar refractivity (Wildman–Crippen MR) is 331 cm³/mol. The van der Waals surface area contributed by atoms with Crippen LogP contribution in [0.3, 0.4) is 0 Å². The van der Waals surface area contributed by atoms with E-state index in [1.807, 2.05) is 13.0 Å². The largest absolute Gasteiger partial charge is 0.495 e. The smallest absolute Gasteiger partial charge is 0.412 e. The number of nitrogens with zero attached hydrogens (tertiary/aromatic N) is 5. The molecule has 31 heteroatoms. The van der Waals surface area contributed by atoms with E-state index in [9.17, 15) is 53.1 Å². The lowest BCUT2D eigenvalue weighted by Gasteiger charge is -2.42. The van der Waals surface area contributed by atoms with Gasteiger partial charge in [0.15, 0.2) is 5.72 Å². The molecule has 29 nitrogen and oxygen atoms in total. The topological polar surface area (TPSA) is 339 Å². The zero-order valence-corrected chi connectivity index (χ0v) is 54.4. The van der Waals surface area contributed by atoms with Crippen molar-refractivity contribution in [3.8, 4) is 5.75 Å². The number of esters is 1. The molecule has 2 aromatic rings. The molecule has 502 valence electrons. The number of imide groups is 1. The Morgan fingerprint density at radius 3 is 2.40 bits per heavy atom. The molecule has 3 fully saturated rings. The van der Waals surface area contributed by atoms with Crippen LogP contribution in [0.1, 0.15) is 70.9 Å². The molecule has 7 rings (SSSR count). The molecule has 0 spiro atoms. The Morgan fingerprint density at radius 2 is 1.68 bits per heavy atom. The number of carbonyl (C=O) groups excluding carboxylic acids is 10. The van der Waals surface area contributed by atoms with Crippen molar-refractivity contribution in [1.82, 2.24) is 25.1 Å². The van der Waals surface area contributed by atoms with Crippen molar-refractivity contribution < 1.29 is 101 Å². The van der Waals surface area contributed by atoms with Crippen molar-refractivity contribution in [2.45, 2.75) is 121 Å². The van der Waals surface area contributed by atoms with Gasteiger partial charge in [-0.3, -0.25) is 34.6 Å². The lowest BCUT2D eigenvalue weighted by atomic mass is 9.83. The van der Waals surface area contributed by atoms with Crippen LogP contribution >= 0.6 is 23.4 Å². The number of ether oxygens (including phenoxy) is 9. The average molecular weight is 1330 g/mol. The summed E-state index contributed by atoms with van der Waals surface area (Å²) >= 11 is 7.67. The van der Waals surface area contributed by atoms with Crippen LogP contribution in [0.15, 0.2) is 66.3 Å². The van der Waals surface area contributed by atoms with E-state index >= 15 is 0 Å². The molecule has 4 N–H and O–H groups in total. The van der Waals surface area contributed by atoms with Gasteiger partial charge in [0, 0.05) is 85.7 Å². The second-order valence-corrected chi connectivity index (χ2v) is 24.2. The molecule has 0 aliphatic carbocycles. The molecule has 2 unspecified atom stereocenters. The van der Waals surface area contributed by atoms with E-state index in [0.29, 0.717) is 28.5 Å². The van der Waals surface area contributed by atoms with Gasteiger partial charge in [0.1, 0.15) is 66.8 Å². The number of halogens is 1. The van der Waals surface area contributed by atoms with Gasteiger partial charge in [-0.05, 0) is 68.7 Å². The Morgan fingerprint density at radius 1 is 0.957 bits per heavy atom. The summed E-state index contributed by atoms with van der Waals surface area (Å²) in [4.78, 5) is 142. The molecule has 92 heavy (non-hydrogen) atoms. The minimum atomic E-state index is -1.91. The van der Waals surface area contributed by atoms with Crippen molar-refractivity contribution in [3.05, 3.63) is 82.4 Å². The van der Waals surface area contributed by atoms with Gasteiger partial charge in [-0.1, -0.05) is 66.2 Å². The number of anilines is 3. The Bertz CT molecular complexity index is 3190. The lowest BCUT2D eigenvalue weighted by molar-refractivity contribution is -0.196. The summed E-state index contributed by atoms with van der Waals surface area (Å²) in [6.07, 6.45) is 0.588. The third-order valence-electron chi connectivity index (χ3n) is 16.0. The quantitative estimate of drug-likeness (QED) is 0.0446. The molecule has 5 heterocycles. The standard InChI is InChI=1S/C61H79ClN8O21S/c1-35-13-11-15-46(83-10)61(81)30-45(88-57(78)65-61)36(2)54-60(4,90-54)47(29-51(74)69(8)43-27-39(25-35)28-44(82-9)53(43)62)89-55(76)37(3)68(7)48(71)20-24-92-59(80)67(6)22-21-66(5)58(79)86-32-38-16-17-41(64-56(77)87-40-14-12-23-84-34-85-33-40)42(26-38)63-31-52(75)91-70-49(72)18-19-50(70)73/h11-17,26-28,36-37,40,45-47,54,63,81H,18-25,29-34H2,1-10H3,(H,64,77)(H,65,78)/b14-12+,15-11+,35-13+/t36-,37+,40?,45+,46-,47+,54?,60+,61+/m1/s1. The van der Waals surface area contributed by atoms with Crippen LogP contribution in [-0.2, 0) is 84.5 Å². The number of fused-ring (bicyclic) bond motifs is 5. The normalized spacial score (nSPS) is 25.7. The van der Waals surface area contributed by atoms with Crippen LogP contribution in [0.2, 0.25) is 5.02 Å². The van der Waals surface area contributed by atoms with E-state index in [-0.39, 0.29) is 87.5 Å². The summed E-state index contributed by atoms with van der Waals surface area (Å²) < 4.78 is 51.0. The fourth-order valence-corrected chi connectivity index (χ4v) is 11.4. The van der Waals surface area contributed by atoms with Crippen LogP contribution in [0.5, 0.6) is 5.75 Å². The molecule has 9 atom stereocenters. The number of amides is 8. The van der Waals surface area contributed by atoms with Crippen molar-refractivity contribution in [2.75, 3.05) is 103 Å². The minimum Gasteiger partial charge on any atom is -0.495 e. The number of nitrogens with one attached hydrogen (secondary N) is 3. The number of hydrogen-bond donors (Lipinski definition) is 4. The Kier molecular flexibility index (Phi) is 24.9. The van der Waals surface area contributed by atoms with Gasteiger partial charge in [-0.25, -0.2) is 24.0 Å². The second kappa shape index (κ2) is 32.0. The van der Waals surface area contributed by atoms with Gasteiger partial charge in [0.25, 0.3) is 17.1 Å². The first-order chi connectivity index (χ1) is 43.6. The first-order valence-corrected chi connectivity index (χ1v) is 30.8. The van der Waals surface area contributed by atoms with Crippen molar-refractivity contribution >= 4 is 99.5 Å². The number of thioether (sulfide) groups is 1. The highest BCUT2D eigenvalue weighted by molar-refractivity contribution is 8.13. The predicted octanol–water partition coefficient (Wildman–Crippen LogP) is 5.45. The molecule has 0 radical (unpaired) electrons. The third kappa shape index (κ3) is 18.6. The summed E-state index contributed by atoms with van der Waals surface area (Å²) in [6.45, 7) is 6.27. The fraction of sp³-hybridized carbons (Fsp3) is 0.541. The number of likely N-dealkylation sites (N-methyl/N-ethyl adjacent to an activating group) is 3. The molecule has 8 amide bonds. The molecule has 3 saturated heterocycles. The summed E-state index contributed by atoms with van der Waals surface area (Å²) in [5.41, 5.74) is -0.633. The highest BCUT2D eigenvalue weighted by atomic mass is 35.5. The molecule has 5 aliphatic rings. The molecule has 0 saturated carbocycles. The van der Waals surface area contributed by atoms with Crippen LogP contribution in [0.25, 0.3) is 0 Å². The maximum atomic E-state index is 14.4. The summed E-state index contributed by atoms with van der Waals surface area (Å²) in [6, 6.07) is 6.78. The number of aliphatic hydroxyl groups is 1. The summed E-state index contributed by atoms with van der Waals surface area (Å²) in [7, 11) is 8.74. The van der Waals surface area contributed by atoms with Gasteiger partial charge in [0.2, 0.25) is 11.8 Å². The van der Waals surface area contributed by atoms with Crippen molar-refractivity contribution in [1.29, 1.82) is 0 Å². The van der Waals surface area contributed by atoms with E-state index in [0.717, 1.165) is 22.9 Å². The number of allylic oxidation sites excluding steroid dienone is 3. The van der Waals surface area contributed by atoms with Crippen LogP contribution in [-0.4, -0.2) is 220 Å². The van der Waals surface area contributed by atoms with E-state index in [4.69, 9.17) is 59.1 Å². The van der Waals surface area contributed by atoms with Crippen LogP contribution in [0.4, 0.5) is 36.2 Å². The fourth-order valence-electron chi connectivity index (χ4n) is 10.3. The highest BCUT2D eigenvalue weighted by Crippen LogP contribution is 2.49. The minimum absolute atomic E-state index is 0.00629. The molecule has 5 aliphatic heterocycles. The Hall–Kier alpha value is -8.00. The van der Waals surface area contributed by atoms with E-state index in [1.165, 1.54) is 81.1 Å². The summed E-state index contributed by atoms with van der Waals surface area (Å²) in [5.74, 6) is -4.55. The third-order valence-corrected chi connectivity index (χ3v) is 17.4. The number of alkyl carbamates (subject to hydrolysis) is 1. The van der Waals surface area contributed by atoms with Gasteiger partial charge >= 0.3 is 30.2 Å². The van der Waals surface area contributed by atoms with Crippen molar-refractivity contribution in [3.63, 3.8) is 0 Å². The Balaban J connectivity index is 0.925. The number of hydrogen-bond acceptors (Lipinski definition) is 23. The monoisotopic (exact) mass is 1330 g/mol. The average Bonchev–Trinajstić information content (AvgIpc) is 1.57. The molecular weight excluding hydrogens is 1250 g/mol. The molecule has 2 aromatic carbocycles. The number of epoxide rings is 1. The number of rotatable bonds is 19. The van der Waals surface area contributed by atoms with Crippen LogP contribution in [0, 0.1) is 5.92 Å². The molecule has 0 aromatic heterocycles. The van der Waals surface area contributed by atoms with Gasteiger partial charge in [-0.15, -0.1) is 5.06 Å². The molecular formula is C61H79ClN8O21S. The first-order valence-electron chi connectivity index (χ1n) is 29.5. The summed E-state index contributed by atoms with van der Waals surface area (Å²) in [5, 5.41) is 19.9. The van der Waals surface area contributed by atoms with Crippen LogP contribution < -0.4 is 25.6 Å². The number of carbonyl (C=O) groups is 10. The van der Waals surface area contributed by atoms with E-state index in [1.54, 1.807) is 56.4 Å². The van der Waals surface area contributed by atoms with Crippen molar-refractivity contribution in [2.24, 2.45) is 5.92 Å². The Labute approximate surface area is 541 Å². The molecule has 4 bridgehead atoms. The van der Waals surface area contributed by atoms with E-state index < -0.39 is 126 Å². The number of benzene rings is 2. The maximum Gasteiger partial charge on any atom is 0.412 e.